The average Bonchev–Trinajstić information content (AvgIpc) is 3.28. The van der Waals surface area contributed by atoms with E-state index in [4.69, 9.17) is 13.9 Å². The molecule has 1 aromatic heterocycles. The van der Waals surface area contributed by atoms with Gasteiger partial charge in [0.15, 0.2) is 11.3 Å². The third kappa shape index (κ3) is 4.02. The first-order valence-electron chi connectivity index (χ1n) is 11.0. The minimum atomic E-state index is 0.760. The highest BCUT2D eigenvalue weighted by Crippen LogP contribution is 2.38. The Hall–Kier alpha value is -3.50. The van der Waals surface area contributed by atoms with E-state index in [0.29, 0.717) is 0 Å². The van der Waals surface area contributed by atoms with Crippen molar-refractivity contribution in [3.05, 3.63) is 90.0 Å². The normalized spacial score (nSPS) is 14.4. The molecule has 162 valence electrons. The van der Waals surface area contributed by atoms with Gasteiger partial charge in [-0.1, -0.05) is 48.5 Å². The minimum absolute atomic E-state index is 0.760. The predicted molar refractivity (Wildman–Crippen MR) is 129 cm³/mol. The molecule has 1 aliphatic heterocycles. The molecule has 3 aromatic carbocycles. The molecule has 0 saturated carbocycles. The lowest BCUT2D eigenvalue weighted by Crippen LogP contribution is -2.28. The summed E-state index contributed by atoms with van der Waals surface area (Å²) in [6.07, 6.45) is 3.42. The molecule has 0 fully saturated rings. The van der Waals surface area contributed by atoms with Crippen LogP contribution in [0, 0.1) is 0 Å². The molecule has 4 nitrogen and oxygen atoms in total. The van der Waals surface area contributed by atoms with Crippen molar-refractivity contribution in [3.63, 3.8) is 0 Å². The second-order valence-corrected chi connectivity index (χ2v) is 8.11. The quantitative estimate of drug-likeness (QED) is 0.358. The third-order valence-corrected chi connectivity index (χ3v) is 6.08. The fourth-order valence-electron chi connectivity index (χ4n) is 4.43. The standard InChI is InChI=1S/C28H27NO3/c1-30-25-11-7-6-10-24(25)26-18-23-16-20(17-27(31-2)28(23)32-26)19-29-14-12-22(13-15-29)21-8-4-3-5-9-21/h3-12,16-18H,13-15,19H2,1-2H3. The zero-order valence-electron chi connectivity index (χ0n) is 18.5. The van der Waals surface area contributed by atoms with Crippen LogP contribution in [0.25, 0.3) is 27.9 Å². The average molecular weight is 426 g/mol. The highest BCUT2D eigenvalue weighted by molar-refractivity contribution is 5.89. The monoisotopic (exact) mass is 425 g/mol. The Bertz CT molecular complexity index is 1260. The maximum absolute atomic E-state index is 6.20. The van der Waals surface area contributed by atoms with Crippen LogP contribution in [0.2, 0.25) is 0 Å². The zero-order chi connectivity index (χ0) is 21.9. The Kier molecular flexibility index (Phi) is 5.70. The summed E-state index contributed by atoms with van der Waals surface area (Å²) in [5.41, 5.74) is 5.69. The van der Waals surface area contributed by atoms with Crippen molar-refractivity contribution < 1.29 is 13.9 Å². The zero-order valence-corrected chi connectivity index (χ0v) is 18.5. The van der Waals surface area contributed by atoms with Gasteiger partial charge >= 0.3 is 0 Å². The van der Waals surface area contributed by atoms with Gasteiger partial charge < -0.3 is 13.9 Å². The lowest BCUT2D eigenvalue weighted by molar-refractivity contribution is 0.293. The third-order valence-electron chi connectivity index (χ3n) is 6.08. The van der Waals surface area contributed by atoms with Crippen molar-refractivity contribution >= 4 is 16.5 Å². The Morgan fingerprint density at radius 1 is 0.875 bits per heavy atom. The van der Waals surface area contributed by atoms with Crippen molar-refractivity contribution in [2.24, 2.45) is 0 Å². The lowest BCUT2D eigenvalue weighted by atomic mass is 9.99. The highest BCUT2D eigenvalue weighted by Gasteiger charge is 2.17. The van der Waals surface area contributed by atoms with Crippen molar-refractivity contribution in [3.8, 4) is 22.8 Å². The van der Waals surface area contributed by atoms with Gasteiger partial charge in [0.05, 0.1) is 19.8 Å². The summed E-state index contributed by atoms with van der Waals surface area (Å²) in [4.78, 5) is 2.47. The molecule has 5 rings (SSSR count). The summed E-state index contributed by atoms with van der Waals surface area (Å²) in [6, 6.07) is 24.9. The number of fused-ring (bicyclic) bond motifs is 1. The Balaban J connectivity index is 1.40. The SMILES string of the molecule is COc1ccccc1-c1cc2cc(CN3CC=C(c4ccccc4)CC3)cc(OC)c2o1. The number of ether oxygens (including phenoxy) is 2. The van der Waals surface area contributed by atoms with Crippen molar-refractivity contribution in [2.45, 2.75) is 13.0 Å². The van der Waals surface area contributed by atoms with E-state index in [1.807, 2.05) is 24.3 Å². The predicted octanol–water partition coefficient (Wildman–Crippen LogP) is 6.41. The van der Waals surface area contributed by atoms with Gasteiger partial charge in [0.2, 0.25) is 0 Å². The van der Waals surface area contributed by atoms with E-state index in [-0.39, 0.29) is 0 Å². The van der Waals surface area contributed by atoms with E-state index in [2.05, 4.69) is 59.5 Å². The van der Waals surface area contributed by atoms with Gasteiger partial charge in [-0.3, -0.25) is 4.90 Å². The van der Waals surface area contributed by atoms with Crippen LogP contribution in [0.5, 0.6) is 11.5 Å². The minimum Gasteiger partial charge on any atom is -0.496 e. The second kappa shape index (κ2) is 8.93. The van der Waals surface area contributed by atoms with Crippen molar-refractivity contribution in [1.82, 2.24) is 4.90 Å². The van der Waals surface area contributed by atoms with Crippen LogP contribution in [-0.2, 0) is 6.54 Å². The molecule has 4 heteroatoms. The van der Waals surface area contributed by atoms with Crippen molar-refractivity contribution in [2.75, 3.05) is 27.3 Å². The topological polar surface area (TPSA) is 34.8 Å². The van der Waals surface area contributed by atoms with E-state index in [1.54, 1.807) is 14.2 Å². The second-order valence-electron chi connectivity index (χ2n) is 8.11. The van der Waals surface area contributed by atoms with E-state index >= 15 is 0 Å². The molecule has 32 heavy (non-hydrogen) atoms. The fourth-order valence-corrected chi connectivity index (χ4v) is 4.43. The van der Waals surface area contributed by atoms with Gasteiger partial charge in [0.25, 0.3) is 0 Å². The fraction of sp³-hybridized carbons (Fsp3) is 0.214. The number of methoxy groups -OCH3 is 2. The van der Waals surface area contributed by atoms with Gasteiger partial charge in [-0.25, -0.2) is 0 Å². The molecule has 2 heterocycles. The molecule has 0 atom stereocenters. The molecule has 0 radical (unpaired) electrons. The van der Waals surface area contributed by atoms with E-state index < -0.39 is 0 Å². The van der Waals surface area contributed by atoms with Crippen LogP contribution in [0.4, 0.5) is 0 Å². The molecule has 0 spiro atoms. The number of hydrogen-bond donors (Lipinski definition) is 0. The van der Waals surface area contributed by atoms with E-state index in [0.717, 1.165) is 59.8 Å². The first kappa shape index (κ1) is 20.4. The first-order valence-corrected chi connectivity index (χ1v) is 11.0. The summed E-state index contributed by atoms with van der Waals surface area (Å²) in [5.74, 6) is 2.33. The summed E-state index contributed by atoms with van der Waals surface area (Å²) >= 11 is 0. The summed E-state index contributed by atoms with van der Waals surface area (Å²) in [7, 11) is 3.37. The molecule has 1 aliphatic rings. The maximum Gasteiger partial charge on any atom is 0.176 e. The van der Waals surface area contributed by atoms with Gasteiger partial charge in [-0.15, -0.1) is 0 Å². The Morgan fingerprint density at radius 3 is 2.41 bits per heavy atom. The number of benzene rings is 3. The van der Waals surface area contributed by atoms with Crippen LogP contribution >= 0.6 is 0 Å². The smallest absolute Gasteiger partial charge is 0.176 e. The number of para-hydroxylation sites is 1. The van der Waals surface area contributed by atoms with Crippen LogP contribution in [-0.4, -0.2) is 32.2 Å². The molecule has 0 bridgehead atoms. The first-order chi connectivity index (χ1) is 15.7. The van der Waals surface area contributed by atoms with Crippen LogP contribution in [0.15, 0.2) is 83.3 Å². The van der Waals surface area contributed by atoms with Crippen molar-refractivity contribution in [1.29, 1.82) is 0 Å². The lowest BCUT2D eigenvalue weighted by Gasteiger charge is -2.26. The number of rotatable bonds is 6. The van der Waals surface area contributed by atoms with E-state index in [1.165, 1.54) is 16.7 Å². The number of nitrogens with zero attached hydrogens (tertiary/aromatic N) is 1. The Labute approximate surface area is 188 Å². The summed E-state index contributed by atoms with van der Waals surface area (Å²) < 4.78 is 17.4. The Morgan fingerprint density at radius 2 is 1.66 bits per heavy atom. The molecule has 0 amide bonds. The molecule has 4 aromatic rings. The van der Waals surface area contributed by atoms with Crippen LogP contribution in [0.3, 0.4) is 0 Å². The largest absolute Gasteiger partial charge is 0.496 e. The maximum atomic E-state index is 6.20. The van der Waals surface area contributed by atoms with Crippen LogP contribution in [0.1, 0.15) is 17.5 Å². The van der Waals surface area contributed by atoms with Crippen LogP contribution < -0.4 is 9.47 Å². The summed E-state index contributed by atoms with van der Waals surface area (Å²) in [5, 5.41) is 1.04. The molecule has 0 unspecified atom stereocenters. The molecular formula is C28H27NO3. The molecule has 0 N–H and O–H groups in total. The van der Waals surface area contributed by atoms with Gasteiger partial charge in [-0.2, -0.15) is 0 Å². The van der Waals surface area contributed by atoms with E-state index in [9.17, 15) is 0 Å². The van der Waals surface area contributed by atoms with Gasteiger partial charge in [0.1, 0.15) is 11.5 Å². The highest BCUT2D eigenvalue weighted by atomic mass is 16.5. The molecule has 0 saturated heterocycles. The number of hydrogen-bond acceptors (Lipinski definition) is 4. The summed E-state index contributed by atoms with van der Waals surface area (Å²) in [6.45, 7) is 2.86. The molecular weight excluding hydrogens is 398 g/mol. The van der Waals surface area contributed by atoms with Gasteiger partial charge in [-0.05, 0) is 53.5 Å². The molecule has 0 aliphatic carbocycles. The number of furan rings is 1. The van der Waals surface area contributed by atoms with Gasteiger partial charge in [0, 0.05) is 25.0 Å².